The fraction of sp³-hybridized carbons (Fsp3) is 0. The van der Waals surface area contributed by atoms with Crippen LogP contribution in [0, 0.1) is 0 Å². The van der Waals surface area contributed by atoms with E-state index < -0.39 is 0 Å². The van der Waals surface area contributed by atoms with Crippen LogP contribution in [0.2, 0.25) is 0 Å². The van der Waals surface area contributed by atoms with Crippen LogP contribution in [-0.4, -0.2) is 6.34 Å². The third kappa shape index (κ3) is 1.12. The van der Waals surface area contributed by atoms with E-state index in [2.05, 4.69) is 58.8 Å². The first kappa shape index (κ1) is 8.76. The molecule has 0 fully saturated rings. The first-order chi connectivity index (χ1) is 8.43. The summed E-state index contributed by atoms with van der Waals surface area (Å²) in [6.07, 6.45) is 1.77. The van der Waals surface area contributed by atoms with Gasteiger partial charge in [0.05, 0.1) is 12.0 Å². The minimum atomic E-state index is 1.08. The number of fused-ring (bicyclic) bond motifs is 2. The summed E-state index contributed by atoms with van der Waals surface area (Å²) in [5.41, 5.74) is 2.21. The van der Waals surface area contributed by atoms with Gasteiger partial charge in [0, 0.05) is 16.5 Å². The lowest BCUT2D eigenvalue weighted by Crippen LogP contribution is -1.99. The van der Waals surface area contributed by atoms with Gasteiger partial charge in [-0.05, 0) is 22.9 Å². The molecule has 0 unspecified atom stereocenters. The molecule has 1 aliphatic rings. The third-order valence-corrected chi connectivity index (χ3v) is 3.27. The lowest BCUT2D eigenvalue weighted by Gasteiger charge is -2.15. The Morgan fingerprint density at radius 1 is 0.882 bits per heavy atom. The fourth-order valence-corrected chi connectivity index (χ4v) is 2.52. The zero-order valence-electron chi connectivity index (χ0n) is 9.14. The Labute approximate surface area is 98.6 Å². The molecule has 3 aromatic carbocycles. The van der Waals surface area contributed by atoms with E-state index in [0.717, 1.165) is 11.4 Å². The predicted octanol–water partition coefficient (Wildman–Crippen LogP) is 4.08. The summed E-state index contributed by atoms with van der Waals surface area (Å²) in [7, 11) is 0. The van der Waals surface area contributed by atoms with Crippen LogP contribution in [0.25, 0.3) is 21.5 Å². The maximum absolute atomic E-state index is 4.50. The Bertz CT molecular complexity index is 772. The van der Waals surface area contributed by atoms with Gasteiger partial charge in [-0.1, -0.05) is 36.4 Å². The van der Waals surface area contributed by atoms with E-state index in [1.54, 1.807) is 6.34 Å². The summed E-state index contributed by atoms with van der Waals surface area (Å²) in [5.74, 6) is 0. The van der Waals surface area contributed by atoms with Crippen molar-refractivity contribution in [1.29, 1.82) is 0 Å². The number of benzene rings is 3. The van der Waals surface area contributed by atoms with Gasteiger partial charge in [0.15, 0.2) is 0 Å². The van der Waals surface area contributed by atoms with Crippen molar-refractivity contribution in [2.75, 3.05) is 5.32 Å². The predicted molar refractivity (Wildman–Crippen MR) is 73.2 cm³/mol. The van der Waals surface area contributed by atoms with Crippen LogP contribution >= 0.6 is 0 Å². The Kier molecular flexibility index (Phi) is 1.59. The molecule has 3 aromatic rings. The molecule has 0 spiro atoms. The van der Waals surface area contributed by atoms with Crippen molar-refractivity contribution in [3.63, 3.8) is 0 Å². The second-order valence-electron chi connectivity index (χ2n) is 4.25. The van der Waals surface area contributed by atoms with Gasteiger partial charge < -0.3 is 5.32 Å². The monoisotopic (exact) mass is 218 g/mol. The molecule has 0 saturated carbocycles. The van der Waals surface area contributed by atoms with Gasteiger partial charge in [0.2, 0.25) is 0 Å². The average Bonchev–Trinajstić information content (AvgIpc) is 2.39. The van der Waals surface area contributed by atoms with Gasteiger partial charge >= 0.3 is 0 Å². The van der Waals surface area contributed by atoms with Crippen LogP contribution in [0.1, 0.15) is 0 Å². The molecule has 0 aliphatic carbocycles. The van der Waals surface area contributed by atoms with E-state index in [9.17, 15) is 0 Å². The number of hydrogen-bond acceptors (Lipinski definition) is 2. The van der Waals surface area contributed by atoms with Gasteiger partial charge in [-0.15, -0.1) is 0 Å². The molecule has 2 nitrogen and oxygen atoms in total. The minimum absolute atomic E-state index is 1.08. The highest BCUT2D eigenvalue weighted by Gasteiger charge is 2.12. The molecule has 17 heavy (non-hydrogen) atoms. The number of nitrogens with zero attached hydrogens (tertiary/aromatic N) is 1. The molecule has 0 amide bonds. The smallest absolute Gasteiger partial charge is 0.0931 e. The standard InChI is InChI=1S/C15H10N2/c1-2-6-12-10(4-1)8-11-5-3-7-13-14(11)15(12)17-9-16-13/h1-9H,(H,16,17). The number of aliphatic imine (C=N–C) groups is 1. The van der Waals surface area contributed by atoms with Crippen molar-refractivity contribution < 1.29 is 0 Å². The highest BCUT2D eigenvalue weighted by molar-refractivity contribution is 6.17. The summed E-state index contributed by atoms with van der Waals surface area (Å²) in [6, 6.07) is 16.9. The summed E-state index contributed by atoms with van der Waals surface area (Å²) in [6.45, 7) is 0. The lowest BCUT2D eigenvalue weighted by atomic mass is 9.99. The lowest BCUT2D eigenvalue weighted by molar-refractivity contribution is 1.55. The Balaban J connectivity index is 2.34. The zero-order valence-corrected chi connectivity index (χ0v) is 9.14. The molecule has 1 heterocycles. The van der Waals surface area contributed by atoms with Crippen molar-refractivity contribution in [2.24, 2.45) is 4.99 Å². The summed E-state index contributed by atoms with van der Waals surface area (Å²) in [5, 5.41) is 8.11. The number of nitrogens with one attached hydrogen (secondary N) is 1. The first-order valence-electron chi connectivity index (χ1n) is 5.67. The zero-order chi connectivity index (χ0) is 11.2. The van der Waals surface area contributed by atoms with Crippen molar-refractivity contribution in [3.8, 4) is 0 Å². The summed E-state index contributed by atoms with van der Waals surface area (Å²) >= 11 is 0. The summed E-state index contributed by atoms with van der Waals surface area (Å²) in [4.78, 5) is 4.50. The van der Waals surface area contributed by atoms with Crippen LogP contribution < -0.4 is 5.32 Å². The molecule has 1 aliphatic heterocycles. The number of rotatable bonds is 0. The maximum Gasteiger partial charge on any atom is 0.0931 e. The maximum atomic E-state index is 4.50. The van der Waals surface area contributed by atoms with Crippen LogP contribution in [-0.2, 0) is 0 Å². The van der Waals surface area contributed by atoms with Crippen LogP contribution in [0.15, 0.2) is 53.5 Å². The van der Waals surface area contributed by atoms with Gasteiger partial charge in [-0.25, -0.2) is 4.99 Å². The summed E-state index contributed by atoms with van der Waals surface area (Å²) < 4.78 is 0. The van der Waals surface area contributed by atoms with Crippen molar-refractivity contribution in [3.05, 3.63) is 48.5 Å². The fourth-order valence-electron chi connectivity index (χ4n) is 2.52. The first-order valence-corrected chi connectivity index (χ1v) is 5.67. The molecule has 80 valence electrons. The molecule has 1 N–H and O–H groups in total. The second-order valence-corrected chi connectivity index (χ2v) is 4.25. The second kappa shape index (κ2) is 3.08. The molecule has 0 saturated heterocycles. The van der Waals surface area contributed by atoms with Gasteiger partial charge in [0.25, 0.3) is 0 Å². The topological polar surface area (TPSA) is 24.4 Å². The molecule has 0 bridgehead atoms. The van der Waals surface area contributed by atoms with E-state index in [1.807, 2.05) is 0 Å². The van der Waals surface area contributed by atoms with E-state index in [4.69, 9.17) is 0 Å². The average molecular weight is 218 g/mol. The molecular formula is C15H10N2. The largest absolute Gasteiger partial charge is 0.346 e. The Morgan fingerprint density at radius 2 is 1.76 bits per heavy atom. The molecule has 0 aromatic heterocycles. The molecule has 4 rings (SSSR count). The van der Waals surface area contributed by atoms with E-state index in [-0.39, 0.29) is 0 Å². The SMILES string of the molecule is C1=Nc2c3ccccc3cc3cccc(c23)N1. The van der Waals surface area contributed by atoms with E-state index in [1.165, 1.54) is 21.5 Å². The van der Waals surface area contributed by atoms with E-state index in [0.29, 0.717) is 0 Å². The van der Waals surface area contributed by atoms with Crippen molar-refractivity contribution in [1.82, 2.24) is 0 Å². The van der Waals surface area contributed by atoms with Crippen LogP contribution in [0.3, 0.4) is 0 Å². The molecule has 0 atom stereocenters. The highest BCUT2D eigenvalue weighted by atomic mass is 15.0. The normalized spacial score (nSPS) is 12.9. The van der Waals surface area contributed by atoms with Crippen molar-refractivity contribution in [2.45, 2.75) is 0 Å². The van der Waals surface area contributed by atoms with Crippen LogP contribution in [0.4, 0.5) is 11.4 Å². The van der Waals surface area contributed by atoms with Gasteiger partial charge in [-0.3, -0.25) is 0 Å². The Hall–Kier alpha value is -2.35. The minimum Gasteiger partial charge on any atom is -0.346 e. The van der Waals surface area contributed by atoms with Gasteiger partial charge in [-0.2, -0.15) is 0 Å². The molecule has 2 heteroatoms. The van der Waals surface area contributed by atoms with Gasteiger partial charge in [0.1, 0.15) is 0 Å². The van der Waals surface area contributed by atoms with Crippen molar-refractivity contribution >= 4 is 39.3 Å². The Morgan fingerprint density at radius 3 is 2.76 bits per heavy atom. The number of anilines is 1. The van der Waals surface area contributed by atoms with E-state index >= 15 is 0 Å². The molecule has 0 radical (unpaired) electrons. The quantitative estimate of drug-likeness (QED) is 0.565. The third-order valence-electron chi connectivity index (χ3n) is 3.27. The number of hydrogen-bond donors (Lipinski definition) is 1. The molecular weight excluding hydrogens is 208 g/mol. The van der Waals surface area contributed by atoms with Crippen LogP contribution in [0.5, 0.6) is 0 Å². The highest BCUT2D eigenvalue weighted by Crippen LogP contribution is 2.40.